The van der Waals surface area contributed by atoms with E-state index in [1.54, 1.807) is 0 Å². The number of hydrogen-bond acceptors (Lipinski definition) is 5. The number of anilines is 1. The number of rotatable bonds is 5. The van der Waals surface area contributed by atoms with E-state index in [1.807, 2.05) is 13.0 Å². The van der Waals surface area contributed by atoms with Gasteiger partial charge in [-0.3, -0.25) is 0 Å². The number of carbonyl (C=O) groups excluding carboxylic acids is 1. The molecule has 1 aromatic carbocycles. The van der Waals surface area contributed by atoms with Crippen LogP contribution in [-0.2, 0) is 9.47 Å². The van der Waals surface area contributed by atoms with Crippen LogP contribution >= 0.6 is 0 Å². The van der Waals surface area contributed by atoms with E-state index in [0.29, 0.717) is 30.9 Å². The molecular formula is C25H36N2O3. The molecule has 1 saturated heterocycles. The van der Waals surface area contributed by atoms with Crippen LogP contribution in [0.2, 0.25) is 0 Å². The Morgan fingerprint density at radius 3 is 2.33 bits per heavy atom. The summed E-state index contributed by atoms with van der Waals surface area (Å²) in [5.74, 6) is 6.35. The maximum Gasteiger partial charge on any atom is 0.338 e. The van der Waals surface area contributed by atoms with Crippen LogP contribution in [0.15, 0.2) is 12.1 Å². The molecule has 2 fully saturated rings. The van der Waals surface area contributed by atoms with Crippen molar-refractivity contribution in [1.29, 1.82) is 0 Å². The Balaban J connectivity index is 1.94. The molecule has 1 saturated carbocycles. The summed E-state index contributed by atoms with van der Waals surface area (Å²) in [6.07, 6.45) is 4.73. The van der Waals surface area contributed by atoms with Gasteiger partial charge >= 0.3 is 5.97 Å². The van der Waals surface area contributed by atoms with Crippen molar-refractivity contribution in [3.05, 3.63) is 28.8 Å². The van der Waals surface area contributed by atoms with Crippen LogP contribution in [0.1, 0.15) is 61.0 Å². The molecule has 5 nitrogen and oxygen atoms in total. The first-order valence-corrected chi connectivity index (χ1v) is 11.0. The minimum Gasteiger partial charge on any atom is -0.465 e. The second-order valence-electron chi connectivity index (χ2n) is 9.17. The first kappa shape index (κ1) is 22.7. The number of benzene rings is 1. The molecule has 0 amide bonds. The molecule has 0 unspecified atom stereocenters. The van der Waals surface area contributed by atoms with E-state index in [4.69, 9.17) is 9.47 Å². The highest BCUT2D eigenvalue weighted by molar-refractivity contribution is 5.93. The smallest absolute Gasteiger partial charge is 0.338 e. The van der Waals surface area contributed by atoms with Gasteiger partial charge in [-0.1, -0.05) is 11.8 Å². The first-order valence-electron chi connectivity index (χ1n) is 11.0. The van der Waals surface area contributed by atoms with E-state index in [2.05, 4.69) is 55.6 Å². The molecule has 5 heteroatoms. The lowest BCUT2D eigenvalue weighted by atomic mass is 9.88. The van der Waals surface area contributed by atoms with Crippen molar-refractivity contribution in [3.8, 4) is 11.8 Å². The maximum absolute atomic E-state index is 12.5. The molecule has 0 atom stereocenters. The molecule has 1 aromatic rings. The summed E-state index contributed by atoms with van der Waals surface area (Å²) in [4.78, 5) is 17.3. The summed E-state index contributed by atoms with van der Waals surface area (Å²) >= 11 is 0. The van der Waals surface area contributed by atoms with Crippen molar-refractivity contribution >= 4 is 11.7 Å². The highest BCUT2D eigenvalue weighted by atomic mass is 16.5. The fourth-order valence-electron chi connectivity index (χ4n) is 4.61. The van der Waals surface area contributed by atoms with Gasteiger partial charge in [0, 0.05) is 29.9 Å². The number of hydrogen-bond donors (Lipinski definition) is 0. The Morgan fingerprint density at radius 1 is 1.20 bits per heavy atom. The molecule has 30 heavy (non-hydrogen) atoms. The van der Waals surface area contributed by atoms with Crippen molar-refractivity contribution < 1.29 is 14.3 Å². The molecule has 0 aromatic heterocycles. The van der Waals surface area contributed by atoms with Crippen molar-refractivity contribution in [3.63, 3.8) is 0 Å². The Labute approximate surface area is 181 Å². The predicted octanol–water partition coefficient (Wildman–Crippen LogP) is 3.87. The topological polar surface area (TPSA) is 42.0 Å². The van der Waals surface area contributed by atoms with Crippen molar-refractivity contribution in [1.82, 2.24) is 4.90 Å². The molecule has 1 aliphatic carbocycles. The van der Waals surface area contributed by atoms with Crippen molar-refractivity contribution in [2.75, 3.05) is 45.9 Å². The Hall–Kier alpha value is -2.03. The van der Waals surface area contributed by atoms with Crippen LogP contribution in [0.3, 0.4) is 0 Å². The lowest BCUT2D eigenvalue weighted by molar-refractivity contribution is -0.0648. The lowest BCUT2D eigenvalue weighted by Crippen LogP contribution is -2.42. The Kier molecular flexibility index (Phi) is 7.10. The average Bonchev–Trinajstić information content (AvgIpc) is 2.72. The first-order chi connectivity index (χ1) is 14.3. The maximum atomic E-state index is 12.5. The van der Waals surface area contributed by atoms with Gasteiger partial charge in [0.15, 0.2) is 0 Å². The van der Waals surface area contributed by atoms with E-state index in [-0.39, 0.29) is 11.4 Å². The molecule has 1 heterocycles. The van der Waals surface area contributed by atoms with Gasteiger partial charge in [-0.2, -0.15) is 0 Å². The largest absolute Gasteiger partial charge is 0.465 e. The van der Waals surface area contributed by atoms with E-state index < -0.39 is 0 Å². The van der Waals surface area contributed by atoms with Gasteiger partial charge in [0.05, 0.1) is 31.3 Å². The zero-order chi connectivity index (χ0) is 21.9. The second-order valence-corrected chi connectivity index (χ2v) is 9.17. The second kappa shape index (κ2) is 9.41. The lowest BCUT2D eigenvalue weighted by Gasteiger charge is -2.40. The van der Waals surface area contributed by atoms with Crippen molar-refractivity contribution in [2.45, 2.75) is 58.5 Å². The Bertz CT molecular complexity index is 825. The molecule has 0 spiro atoms. The van der Waals surface area contributed by atoms with Gasteiger partial charge < -0.3 is 19.3 Å². The molecule has 0 bridgehead atoms. The summed E-state index contributed by atoms with van der Waals surface area (Å²) in [5.41, 5.74) is 3.46. The van der Waals surface area contributed by atoms with Crippen LogP contribution in [0, 0.1) is 24.2 Å². The summed E-state index contributed by atoms with van der Waals surface area (Å²) in [7, 11) is 5.78. The fraction of sp³-hybridized carbons (Fsp3) is 0.640. The summed E-state index contributed by atoms with van der Waals surface area (Å²) < 4.78 is 10.4. The Morgan fingerprint density at radius 2 is 1.83 bits per heavy atom. The number of esters is 1. The number of carbonyl (C=O) groups is 1. The molecule has 3 rings (SSSR count). The summed E-state index contributed by atoms with van der Waals surface area (Å²) in [6, 6.07) is 5.17. The minimum atomic E-state index is -0.303. The molecule has 0 N–H and O–H groups in total. The molecular weight excluding hydrogens is 376 g/mol. The van der Waals surface area contributed by atoms with Crippen LogP contribution in [0.5, 0.6) is 0 Å². The minimum absolute atomic E-state index is 0.0918. The van der Waals surface area contributed by atoms with E-state index in [9.17, 15) is 4.79 Å². The standard InChI is InChI=1S/C25H36N2O3/c1-7-27(21-10-8-20(9-11-21)26(4)5)23-15-19(12-13-25(3)16-30-17-25)14-22(18(23)2)24(28)29-6/h14-15,20-21H,7-11,16-17H2,1-6H3. The fourth-order valence-corrected chi connectivity index (χ4v) is 4.61. The molecule has 2 aliphatic rings. The molecule has 0 radical (unpaired) electrons. The average molecular weight is 413 g/mol. The van der Waals surface area contributed by atoms with Gasteiger partial charge in [-0.15, -0.1) is 0 Å². The third-order valence-corrected chi connectivity index (χ3v) is 6.62. The van der Waals surface area contributed by atoms with Gasteiger partial charge in [0.1, 0.15) is 0 Å². The van der Waals surface area contributed by atoms with E-state index in [1.165, 1.54) is 20.0 Å². The highest BCUT2D eigenvalue weighted by Crippen LogP contribution is 2.33. The number of methoxy groups -OCH3 is 1. The van der Waals surface area contributed by atoms with E-state index >= 15 is 0 Å². The van der Waals surface area contributed by atoms with Gasteiger partial charge in [-0.05, 0) is 78.2 Å². The predicted molar refractivity (Wildman–Crippen MR) is 121 cm³/mol. The monoisotopic (exact) mass is 412 g/mol. The zero-order valence-electron chi connectivity index (χ0n) is 19.4. The molecule has 1 aliphatic heterocycles. The van der Waals surface area contributed by atoms with Crippen molar-refractivity contribution in [2.24, 2.45) is 5.41 Å². The number of nitrogens with zero attached hydrogens (tertiary/aromatic N) is 2. The van der Waals surface area contributed by atoms with E-state index in [0.717, 1.165) is 36.2 Å². The highest BCUT2D eigenvalue weighted by Gasteiger charge is 2.31. The third kappa shape index (κ3) is 4.82. The van der Waals surface area contributed by atoms with Crippen LogP contribution in [-0.4, -0.2) is 63.9 Å². The van der Waals surface area contributed by atoms with Gasteiger partial charge in [-0.25, -0.2) is 4.79 Å². The molecule has 164 valence electrons. The summed E-state index contributed by atoms with van der Waals surface area (Å²) in [5, 5.41) is 0. The van der Waals surface area contributed by atoms with Crippen LogP contribution in [0.25, 0.3) is 0 Å². The zero-order valence-corrected chi connectivity index (χ0v) is 19.4. The SMILES string of the molecule is CCN(c1cc(C#CC2(C)COC2)cc(C(=O)OC)c1C)C1CCC(N(C)C)CC1. The van der Waals surface area contributed by atoms with Crippen LogP contribution in [0.4, 0.5) is 5.69 Å². The van der Waals surface area contributed by atoms with Gasteiger partial charge in [0.2, 0.25) is 0 Å². The van der Waals surface area contributed by atoms with Crippen LogP contribution < -0.4 is 4.90 Å². The normalized spacial score (nSPS) is 22.6. The quantitative estimate of drug-likeness (QED) is 0.543. The third-order valence-electron chi connectivity index (χ3n) is 6.62. The van der Waals surface area contributed by atoms with Gasteiger partial charge in [0.25, 0.3) is 0 Å². The number of ether oxygens (including phenoxy) is 2. The summed E-state index contributed by atoms with van der Waals surface area (Å²) in [6.45, 7) is 8.56.